The van der Waals surface area contributed by atoms with Gasteiger partial charge in [-0.15, -0.1) is 0 Å². The molecule has 0 aromatic heterocycles. The van der Waals surface area contributed by atoms with E-state index in [9.17, 15) is 0 Å². The van der Waals surface area contributed by atoms with Crippen molar-refractivity contribution in [3.63, 3.8) is 0 Å². The van der Waals surface area contributed by atoms with Crippen molar-refractivity contribution >= 4 is 0 Å². The van der Waals surface area contributed by atoms with Crippen molar-refractivity contribution < 1.29 is 0 Å². The standard InChI is InChI=1S/C15H31N3/c1-11-6-7-14(16-4)15(8-11)18-9-12(2)17(5)13(3)10-18/h11-16H,6-10H2,1-5H3. The van der Waals surface area contributed by atoms with Crippen molar-refractivity contribution in [3.8, 4) is 0 Å². The molecule has 0 spiro atoms. The summed E-state index contributed by atoms with van der Waals surface area (Å²) in [5, 5.41) is 3.56. The Kier molecular flexibility index (Phi) is 4.68. The highest BCUT2D eigenvalue weighted by atomic mass is 15.3. The van der Waals surface area contributed by atoms with Gasteiger partial charge < -0.3 is 5.32 Å². The fraction of sp³-hybridized carbons (Fsp3) is 1.00. The average molecular weight is 253 g/mol. The summed E-state index contributed by atoms with van der Waals surface area (Å²) in [6.45, 7) is 9.61. The van der Waals surface area contributed by atoms with Crippen LogP contribution in [-0.4, -0.2) is 61.2 Å². The van der Waals surface area contributed by atoms with E-state index in [0.717, 1.165) is 12.0 Å². The molecule has 3 heteroatoms. The van der Waals surface area contributed by atoms with Crippen LogP contribution < -0.4 is 5.32 Å². The molecule has 2 fully saturated rings. The van der Waals surface area contributed by atoms with Gasteiger partial charge in [-0.2, -0.15) is 0 Å². The summed E-state index contributed by atoms with van der Waals surface area (Å²) in [5.41, 5.74) is 0. The summed E-state index contributed by atoms with van der Waals surface area (Å²) in [6, 6.07) is 2.81. The topological polar surface area (TPSA) is 18.5 Å². The van der Waals surface area contributed by atoms with Gasteiger partial charge in [-0.25, -0.2) is 0 Å². The zero-order valence-electron chi connectivity index (χ0n) is 12.8. The molecule has 0 aromatic rings. The van der Waals surface area contributed by atoms with Gasteiger partial charge in [-0.3, -0.25) is 9.80 Å². The third-order valence-electron chi connectivity index (χ3n) is 5.31. The van der Waals surface area contributed by atoms with Gasteiger partial charge in [0, 0.05) is 37.3 Å². The van der Waals surface area contributed by atoms with Crippen molar-refractivity contribution in [2.24, 2.45) is 5.92 Å². The van der Waals surface area contributed by atoms with E-state index in [4.69, 9.17) is 0 Å². The van der Waals surface area contributed by atoms with Gasteiger partial charge in [0.05, 0.1) is 0 Å². The smallest absolute Gasteiger partial charge is 0.0253 e. The maximum Gasteiger partial charge on any atom is 0.0253 e. The minimum Gasteiger partial charge on any atom is -0.315 e. The van der Waals surface area contributed by atoms with E-state index in [0.29, 0.717) is 18.1 Å². The fourth-order valence-corrected chi connectivity index (χ4v) is 3.81. The number of hydrogen-bond acceptors (Lipinski definition) is 3. The van der Waals surface area contributed by atoms with E-state index in [2.05, 4.69) is 50.0 Å². The van der Waals surface area contributed by atoms with Crippen LogP contribution in [0.5, 0.6) is 0 Å². The van der Waals surface area contributed by atoms with Crippen LogP contribution in [0.15, 0.2) is 0 Å². The summed E-state index contributed by atoms with van der Waals surface area (Å²) >= 11 is 0. The quantitative estimate of drug-likeness (QED) is 0.809. The highest BCUT2D eigenvalue weighted by Gasteiger charge is 2.36. The molecular formula is C15H31N3. The average Bonchev–Trinajstić information content (AvgIpc) is 2.35. The van der Waals surface area contributed by atoms with Crippen LogP contribution in [-0.2, 0) is 0 Å². The van der Waals surface area contributed by atoms with Crippen LogP contribution in [0.1, 0.15) is 40.0 Å². The SMILES string of the molecule is CNC1CCC(C)CC1N1CC(C)N(C)C(C)C1. The molecule has 5 atom stereocenters. The molecule has 0 amide bonds. The van der Waals surface area contributed by atoms with Crippen molar-refractivity contribution in [3.05, 3.63) is 0 Å². The van der Waals surface area contributed by atoms with E-state index in [-0.39, 0.29) is 0 Å². The molecule has 106 valence electrons. The molecule has 0 aromatic carbocycles. The largest absolute Gasteiger partial charge is 0.315 e. The van der Waals surface area contributed by atoms with E-state index in [1.54, 1.807) is 0 Å². The monoisotopic (exact) mass is 253 g/mol. The van der Waals surface area contributed by atoms with E-state index < -0.39 is 0 Å². The Bertz CT molecular complexity index is 256. The molecule has 1 aliphatic heterocycles. The number of nitrogens with zero attached hydrogens (tertiary/aromatic N) is 2. The number of rotatable bonds is 2. The first-order valence-electron chi connectivity index (χ1n) is 7.66. The van der Waals surface area contributed by atoms with Crippen LogP contribution in [0, 0.1) is 5.92 Å². The minimum atomic E-state index is 0.684. The van der Waals surface area contributed by atoms with Crippen molar-refractivity contribution in [2.75, 3.05) is 27.2 Å². The molecule has 3 nitrogen and oxygen atoms in total. The Labute approximate surface area is 113 Å². The van der Waals surface area contributed by atoms with Gasteiger partial charge in [0.15, 0.2) is 0 Å². The Morgan fingerprint density at radius 2 is 1.61 bits per heavy atom. The predicted octanol–water partition coefficient (Wildman–Crippen LogP) is 1.79. The Balaban J connectivity index is 2.04. The summed E-state index contributed by atoms with van der Waals surface area (Å²) in [4.78, 5) is 5.28. The second-order valence-electron chi connectivity index (χ2n) is 6.70. The van der Waals surface area contributed by atoms with Gasteiger partial charge in [0.1, 0.15) is 0 Å². The third kappa shape index (κ3) is 2.89. The van der Waals surface area contributed by atoms with Crippen molar-refractivity contribution in [1.29, 1.82) is 0 Å². The fourth-order valence-electron chi connectivity index (χ4n) is 3.81. The zero-order valence-corrected chi connectivity index (χ0v) is 12.8. The molecule has 1 saturated heterocycles. The Morgan fingerprint density at radius 3 is 2.17 bits per heavy atom. The van der Waals surface area contributed by atoms with Crippen LogP contribution in [0.3, 0.4) is 0 Å². The van der Waals surface area contributed by atoms with Gasteiger partial charge in [-0.1, -0.05) is 6.92 Å². The van der Waals surface area contributed by atoms with Crippen LogP contribution in [0.2, 0.25) is 0 Å². The summed E-state index contributed by atoms with van der Waals surface area (Å²) < 4.78 is 0. The van der Waals surface area contributed by atoms with E-state index in [1.807, 2.05) is 0 Å². The van der Waals surface area contributed by atoms with Crippen LogP contribution >= 0.6 is 0 Å². The molecule has 1 heterocycles. The number of likely N-dealkylation sites (N-methyl/N-ethyl adjacent to an activating group) is 2. The van der Waals surface area contributed by atoms with E-state index >= 15 is 0 Å². The van der Waals surface area contributed by atoms with Crippen LogP contribution in [0.25, 0.3) is 0 Å². The molecule has 18 heavy (non-hydrogen) atoms. The summed E-state index contributed by atoms with van der Waals surface area (Å²) in [7, 11) is 4.41. The van der Waals surface area contributed by atoms with E-state index in [1.165, 1.54) is 32.4 Å². The van der Waals surface area contributed by atoms with Gasteiger partial charge >= 0.3 is 0 Å². The maximum absolute atomic E-state index is 3.56. The van der Waals surface area contributed by atoms with Crippen LogP contribution in [0.4, 0.5) is 0 Å². The second-order valence-corrected chi connectivity index (χ2v) is 6.70. The Morgan fingerprint density at radius 1 is 1.00 bits per heavy atom. The minimum absolute atomic E-state index is 0.684. The molecule has 0 bridgehead atoms. The van der Waals surface area contributed by atoms with Crippen molar-refractivity contribution in [2.45, 2.75) is 64.2 Å². The molecule has 0 radical (unpaired) electrons. The lowest BCUT2D eigenvalue weighted by molar-refractivity contribution is 0.00643. The number of hydrogen-bond donors (Lipinski definition) is 1. The first-order chi connectivity index (χ1) is 8.52. The van der Waals surface area contributed by atoms with Gasteiger partial charge in [0.25, 0.3) is 0 Å². The first kappa shape index (κ1) is 14.3. The number of nitrogens with one attached hydrogen (secondary N) is 1. The second kappa shape index (κ2) is 5.89. The lowest BCUT2D eigenvalue weighted by atomic mass is 9.82. The third-order valence-corrected chi connectivity index (χ3v) is 5.31. The molecule has 1 N–H and O–H groups in total. The molecule has 2 aliphatic rings. The zero-order chi connectivity index (χ0) is 13.3. The summed E-state index contributed by atoms with van der Waals surface area (Å²) in [5.74, 6) is 0.893. The Hall–Kier alpha value is -0.120. The molecule has 5 unspecified atom stereocenters. The highest BCUT2D eigenvalue weighted by Crippen LogP contribution is 2.29. The molecule has 2 rings (SSSR count). The highest BCUT2D eigenvalue weighted by molar-refractivity contribution is 4.94. The predicted molar refractivity (Wildman–Crippen MR) is 77.9 cm³/mol. The summed E-state index contributed by atoms with van der Waals surface area (Å²) in [6.07, 6.45) is 4.10. The normalized spacial score (nSPS) is 44.2. The van der Waals surface area contributed by atoms with Gasteiger partial charge in [0.2, 0.25) is 0 Å². The van der Waals surface area contributed by atoms with Gasteiger partial charge in [-0.05, 0) is 53.1 Å². The maximum atomic E-state index is 3.56. The molecular weight excluding hydrogens is 222 g/mol. The molecule has 1 aliphatic carbocycles. The first-order valence-corrected chi connectivity index (χ1v) is 7.66. The van der Waals surface area contributed by atoms with Crippen molar-refractivity contribution in [1.82, 2.24) is 15.1 Å². The lowest BCUT2D eigenvalue weighted by Crippen LogP contribution is -2.62. The number of piperazine rings is 1. The lowest BCUT2D eigenvalue weighted by Gasteiger charge is -2.49. The molecule has 1 saturated carbocycles.